The van der Waals surface area contributed by atoms with Crippen LogP contribution < -0.4 is 0 Å². The molecule has 23 heavy (non-hydrogen) atoms. The van der Waals surface area contributed by atoms with Gasteiger partial charge in [-0.05, 0) is 24.1 Å². The van der Waals surface area contributed by atoms with E-state index in [4.69, 9.17) is 5.11 Å². The summed E-state index contributed by atoms with van der Waals surface area (Å²) in [7, 11) is -4.40. The van der Waals surface area contributed by atoms with Crippen LogP contribution >= 0.6 is 0 Å². The molecule has 2 atom stereocenters. The van der Waals surface area contributed by atoms with Crippen LogP contribution in [0.1, 0.15) is 12.5 Å². The predicted octanol–water partition coefficient (Wildman–Crippen LogP) is 2.19. The van der Waals surface area contributed by atoms with Gasteiger partial charge in [-0.15, -0.1) is 0 Å². The number of nitrogens with zero attached hydrogens (tertiary/aromatic N) is 1. The SMILES string of the molecule is C[C@@H]1CN(S(=O)(=O)c2ccc(C(F)(F)F)cc2F)C[C@H]1C(=O)O. The number of sulfonamides is 1. The summed E-state index contributed by atoms with van der Waals surface area (Å²) in [4.78, 5) is 10.1. The molecule has 0 saturated carbocycles. The number of carboxylic acids is 1. The summed E-state index contributed by atoms with van der Waals surface area (Å²) in [6.45, 7) is 1.05. The molecule has 1 N–H and O–H groups in total. The molecule has 10 heteroatoms. The minimum atomic E-state index is -4.79. The number of halogens is 4. The van der Waals surface area contributed by atoms with Crippen LogP contribution in [0.25, 0.3) is 0 Å². The normalized spacial score (nSPS) is 23.2. The van der Waals surface area contributed by atoms with Gasteiger partial charge in [0.25, 0.3) is 0 Å². The van der Waals surface area contributed by atoms with Gasteiger partial charge in [-0.1, -0.05) is 6.92 Å². The first-order valence-corrected chi connectivity index (χ1v) is 7.98. The fourth-order valence-electron chi connectivity index (χ4n) is 2.47. The summed E-state index contributed by atoms with van der Waals surface area (Å²) in [6, 6.07) is 1.14. The lowest BCUT2D eigenvalue weighted by molar-refractivity contribution is -0.142. The summed E-state index contributed by atoms with van der Waals surface area (Å²) >= 11 is 0. The van der Waals surface area contributed by atoms with Gasteiger partial charge in [0.15, 0.2) is 0 Å². The zero-order valence-corrected chi connectivity index (χ0v) is 12.7. The largest absolute Gasteiger partial charge is 0.481 e. The Morgan fingerprint density at radius 1 is 1.30 bits per heavy atom. The molecule has 0 unspecified atom stereocenters. The summed E-state index contributed by atoms with van der Waals surface area (Å²) in [5.74, 6) is -4.13. The van der Waals surface area contributed by atoms with Crippen molar-refractivity contribution in [3.63, 3.8) is 0 Å². The third-order valence-electron chi connectivity index (χ3n) is 3.77. The quantitative estimate of drug-likeness (QED) is 0.844. The first kappa shape index (κ1) is 17.7. The van der Waals surface area contributed by atoms with Gasteiger partial charge in [-0.25, -0.2) is 12.8 Å². The third kappa shape index (κ3) is 3.32. The molecule has 1 saturated heterocycles. The van der Waals surface area contributed by atoms with E-state index in [9.17, 15) is 30.8 Å². The van der Waals surface area contributed by atoms with Crippen molar-refractivity contribution in [3.05, 3.63) is 29.6 Å². The van der Waals surface area contributed by atoms with Gasteiger partial charge < -0.3 is 5.11 Å². The van der Waals surface area contributed by atoms with Crippen LogP contribution in [0.4, 0.5) is 17.6 Å². The van der Waals surface area contributed by atoms with Gasteiger partial charge in [-0.2, -0.15) is 17.5 Å². The smallest absolute Gasteiger partial charge is 0.416 e. The zero-order valence-electron chi connectivity index (χ0n) is 11.8. The Hall–Kier alpha value is -1.68. The van der Waals surface area contributed by atoms with Gasteiger partial charge >= 0.3 is 12.1 Å². The maximum atomic E-state index is 13.9. The van der Waals surface area contributed by atoms with Gasteiger partial charge in [0, 0.05) is 13.1 Å². The molecule has 1 aliphatic heterocycles. The highest BCUT2D eigenvalue weighted by Crippen LogP contribution is 2.33. The van der Waals surface area contributed by atoms with E-state index in [0.717, 1.165) is 4.31 Å². The Bertz CT molecular complexity index is 732. The van der Waals surface area contributed by atoms with E-state index < -0.39 is 50.3 Å². The molecule has 0 aromatic heterocycles. The average molecular weight is 355 g/mol. The van der Waals surface area contributed by atoms with Crippen LogP contribution in [-0.2, 0) is 21.0 Å². The summed E-state index contributed by atoms with van der Waals surface area (Å²) in [5, 5.41) is 9.00. The highest BCUT2D eigenvalue weighted by Gasteiger charge is 2.42. The number of alkyl halides is 3. The van der Waals surface area contributed by atoms with E-state index in [1.165, 1.54) is 6.92 Å². The van der Waals surface area contributed by atoms with Gasteiger partial charge in [0.2, 0.25) is 10.0 Å². The second-order valence-electron chi connectivity index (χ2n) is 5.39. The average Bonchev–Trinajstić information content (AvgIpc) is 2.80. The van der Waals surface area contributed by atoms with Crippen LogP contribution in [-0.4, -0.2) is 36.9 Å². The first-order chi connectivity index (χ1) is 10.4. The van der Waals surface area contributed by atoms with Crippen LogP contribution in [0.15, 0.2) is 23.1 Å². The Morgan fingerprint density at radius 3 is 2.35 bits per heavy atom. The molecule has 1 aliphatic rings. The maximum absolute atomic E-state index is 13.9. The van der Waals surface area contributed by atoms with Gasteiger partial charge in [0.1, 0.15) is 10.7 Å². The van der Waals surface area contributed by atoms with Crippen molar-refractivity contribution >= 4 is 16.0 Å². The van der Waals surface area contributed by atoms with E-state index in [0.29, 0.717) is 12.1 Å². The van der Waals surface area contributed by atoms with Crippen molar-refractivity contribution < 1.29 is 35.9 Å². The van der Waals surface area contributed by atoms with E-state index in [1.807, 2.05) is 0 Å². The predicted molar refractivity (Wildman–Crippen MR) is 70.5 cm³/mol. The Kier molecular flexibility index (Phi) is 4.42. The summed E-state index contributed by atoms with van der Waals surface area (Å²) in [6.07, 6.45) is -4.79. The lowest BCUT2D eigenvalue weighted by Gasteiger charge is -2.17. The van der Waals surface area contributed by atoms with Crippen molar-refractivity contribution in [1.82, 2.24) is 4.31 Å². The molecule has 1 heterocycles. The van der Waals surface area contributed by atoms with Gasteiger partial charge in [0.05, 0.1) is 11.5 Å². The molecule has 0 spiro atoms. The number of hydrogen-bond donors (Lipinski definition) is 1. The second-order valence-corrected chi connectivity index (χ2v) is 7.29. The number of carboxylic acid groups (broad SMARTS) is 1. The standard InChI is InChI=1S/C13H13F4NO4S/c1-7-5-18(6-9(7)12(19)20)23(21,22)11-3-2-8(4-10(11)14)13(15,16)17/h2-4,7,9H,5-6H2,1H3,(H,19,20)/t7-,9-/m1/s1. The van der Waals surface area contributed by atoms with Crippen LogP contribution in [0.3, 0.4) is 0 Å². The van der Waals surface area contributed by atoms with Crippen molar-refractivity contribution in [2.24, 2.45) is 11.8 Å². The van der Waals surface area contributed by atoms with E-state index >= 15 is 0 Å². The lowest BCUT2D eigenvalue weighted by Crippen LogP contribution is -2.30. The molecule has 1 aromatic rings. The molecule has 1 fully saturated rings. The first-order valence-electron chi connectivity index (χ1n) is 6.54. The molecule has 0 radical (unpaired) electrons. The summed E-state index contributed by atoms with van der Waals surface area (Å²) < 4.78 is 76.8. The number of rotatable bonds is 3. The minimum absolute atomic E-state index is 0.112. The highest BCUT2D eigenvalue weighted by atomic mass is 32.2. The number of aliphatic carboxylic acids is 1. The van der Waals surface area contributed by atoms with Crippen LogP contribution in [0.2, 0.25) is 0 Å². The van der Waals surface area contributed by atoms with Crippen molar-refractivity contribution in [3.8, 4) is 0 Å². The molecular formula is C13H13F4NO4S. The van der Waals surface area contributed by atoms with Crippen molar-refractivity contribution in [1.29, 1.82) is 0 Å². The molecule has 0 bridgehead atoms. The van der Waals surface area contributed by atoms with Crippen molar-refractivity contribution in [2.75, 3.05) is 13.1 Å². The molecule has 2 rings (SSSR count). The Morgan fingerprint density at radius 2 is 1.91 bits per heavy atom. The fraction of sp³-hybridized carbons (Fsp3) is 0.462. The van der Waals surface area contributed by atoms with E-state index in [2.05, 4.69) is 0 Å². The minimum Gasteiger partial charge on any atom is -0.481 e. The topological polar surface area (TPSA) is 74.7 Å². The molecule has 1 aromatic carbocycles. The van der Waals surface area contributed by atoms with Gasteiger partial charge in [-0.3, -0.25) is 4.79 Å². The molecule has 5 nitrogen and oxygen atoms in total. The van der Waals surface area contributed by atoms with E-state index in [-0.39, 0.29) is 19.2 Å². The number of hydrogen-bond acceptors (Lipinski definition) is 3. The molecular weight excluding hydrogens is 342 g/mol. The lowest BCUT2D eigenvalue weighted by atomic mass is 9.99. The number of carbonyl (C=O) groups is 1. The zero-order chi connectivity index (χ0) is 17.6. The monoisotopic (exact) mass is 355 g/mol. The molecule has 128 valence electrons. The Labute approximate surface area is 129 Å². The Balaban J connectivity index is 2.36. The third-order valence-corrected chi connectivity index (χ3v) is 5.64. The van der Waals surface area contributed by atoms with Crippen molar-refractivity contribution in [2.45, 2.75) is 18.0 Å². The summed E-state index contributed by atoms with van der Waals surface area (Å²) in [5.41, 5.74) is -1.30. The van der Waals surface area contributed by atoms with E-state index in [1.54, 1.807) is 0 Å². The fourth-order valence-corrected chi connectivity index (χ4v) is 4.08. The molecule has 0 amide bonds. The van der Waals surface area contributed by atoms with Crippen LogP contribution in [0.5, 0.6) is 0 Å². The van der Waals surface area contributed by atoms with Crippen LogP contribution in [0, 0.1) is 17.7 Å². The maximum Gasteiger partial charge on any atom is 0.416 e. The highest BCUT2D eigenvalue weighted by molar-refractivity contribution is 7.89. The number of benzene rings is 1. The second kappa shape index (κ2) is 5.75. The molecule has 0 aliphatic carbocycles.